The lowest BCUT2D eigenvalue weighted by molar-refractivity contribution is -0.285. The normalized spacial score (nSPS) is 24.7. The number of aromatic nitrogens is 3. The van der Waals surface area contributed by atoms with Gasteiger partial charge in [-0.3, -0.25) is 19.2 Å². The predicted molar refractivity (Wildman–Crippen MR) is 98.6 cm³/mol. The Kier molecular flexibility index (Phi) is 8.23. The van der Waals surface area contributed by atoms with E-state index < -0.39 is 67.1 Å². The molecular weight excluding hydrogens is 434 g/mol. The van der Waals surface area contributed by atoms with E-state index in [0.29, 0.717) is 0 Å². The van der Waals surface area contributed by atoms with Gasteiger partial charge in [-0.05, 0) is 0 Å². The number of ether oxygens (including phenoxy) is 6. The number of esters is 5. The van der Waals surface area contributed by atoms with Crippen molar-refractivity contribution in [3.8, 4) is 0 Å². The Morgan fingerprint density at radius 2 is 1.53 bits per heavy atom. The van der Waals surface area contributed by atoms with Crippen molar-refractivity contribution in [2.75, 3.05) is 13.7 Å². The van der Waals surface area contributed by atoms with Gasteiger partial charge in [0.25, 0.3) is 0 Å². The maximum atomic E-state index is 11.8. The molecule has 1 fully saturated rings. The molecule has 0 spiro atoms. The molecule has 1 aromatic rings. The van der Waals surface area contributed by atoms with Crippen molar-refractivity contribution >= 4 is 29.8 Å². The van der Waals surface area contributed by atoms with Gasteiger partial charge in [0, 0.05) is 27.7 Å². The van der Waals surface area contributed by atoms with Crippen LogP contribution in [-0.4, -0.2) is 83.2 Å². The molecule has 176 valence electrons. The van der Waals surface area contributed by atoms with Crippen molar-refractivity contribution < 1.29 is 52.4 Å². The Morgan fingerprint density at radius 3 is 2.06 bits per heavy atom. The van der Waals surface area contributed by atoms with Gasteiger partial charge in [0.15, 0.2) is 17.9 Å². The van der Waals surface area contributed by atoms with Crippen LogP contribution in [0.4, 0.5) is 0 Å². The Balaban J connectivity index is 2.58. The smallest absolute Gasteiger partial charge is 0.360 e. The summed E-state index contributed by atoms with van der Waals surface area (Å²) < 4.78 is 32.2. The first-order chi connectivity index (χ1) is 15.0. The predicted octanol–water partition coefficient (Wildman–Crippen LogP) is -0.680. The summed E-state index contributed by atoms with van der Waals surface area (Å²) in [6, 6.07) is -1.19. The SMILES string of the molecule is COC(=O)c1cn([C@H]2[C@@H](OC(C)=O)[C@@H](COC(C)=O)OC(OC(C)=O)[C@@H]2OC(C)=O)nn1. The highest BCUT2D eigenvalue weighted by molar-refractivity contribution is 5.86. The number of methoxy groups -OCH3 is 1. The third-order valence-corrected chi connectivity index (χ3v) is 4.16. The second-order valence-corrected chi connectivity index (χ2v) is 6.67. The summed E-state index contributed by atoms with van der Waals surface area (Å²) in [5, 5.41) is 7.54. The highest BCUT2D eigenvalue weighted by Gasteiger charge is 2.53. The minimum atomic E-state index is -1.49. The van der Waals surface area contributed by atoms with Crippen LogP contribution in [0.5, 0.6) is 0 Å². The molecule has 14 nitrogen and oxygen atoms in total. The molecule has 5 atom stereocenters. The fourth-order valence-corrected chi connectivity index (χ4v) is 3.06. The third kappa shape index (κ3) is 6.23. The molecule has 2 heterocycles. The van der Waals surface area contributed by atoms with E-state index in [9.17, 15) is 24.0 Å². The monoisotopic (exact) mass is 457 g/mol. The largest absolute Gasteiger partial charge is 0.464 e. The summed E-state index contributed by atoms with van der Waals surface area (Å²) in [6.45, 7) is 4.10. The lowest BCUT2D eigenvalue weighted by atomic mass is 9.95. The summed E-state index contributed by atoms with van der Waals surface area (Å²) in [4.78, 5) is 58.4. The van der Waals surface area contributed by atoms with Crippen molar-refractivity contribution in [1.29, 1.82) is 0 Å². The molecule has 0 amide bonds. The molecule has 0 aliphatic carbocycles. The molecule has 1 unspecified atom stereocenters. The van der Waals surface area contributed by atoms with Crippen LogP contribution in [0.15, 0.2) is 6.20 Å². The van der Waals surface area contributed by atoms with Crippen LogP contribution in [-0.2, 0) is 47.6 Å². The summed E-state index contributed by atoms with van der Waals surface area (Å²) >= 11 is 0. The first-order valence-electron chi connectivity index (χ1n) is 9.34. The van der Waals surface area contributed by atoms with E-state index in [2.05, 4.69) is 15.0 Å². The highest BCUT2D eigenvalue weighted by Crippen LogP contribution is 2.35. The number of carbonyl (C=O) groups excluding carboxylic acids is 5. The zero-order valence-corrected chi connectivity index (χ0v) is 18.0. The zero-order chi connectivity index (χ0) is 24.0. The molecule has 0 aromatic carbocycles. The Labute approximate surface area is 182 Å². The van der Waals surface area contributed by atoms with Crippen molar-refractivity contribution in [3.63, 3.8) is 0 Å². The first-order valence-corrected chi connectivity index (χ1v) is 9.34. The summed E-state index contributed by atoms with van der Waals surface area (Å²) in [6.07, 6.45) is -4.10. The quantitative estimate of drug-likeness (QED) is 0.373. The van der Waals surface area contributed by atoms with Crippen molar-refractivity contribution in [1.82, 2.24) is 15.0 Å². The van der Waals surface area contributed by atoms with E-state index in [1.54, 1.807) is 0 Å². The maximum absolute atomic E-state index is 11.8. The van der Waals surface area contributed by atoms with E-state index in [1.807, 2.05) is 0 Å². The molecular formula is C18H23N3O11. The van der Waals surface area contributed by atoms with E-state index in [0.717, 1.165) is 39.5 Å². The molecule has 1 aromatic heterocycles. The zero-order valence-electron chi connectivity index (χ0n) is 18.0. The van der Waals surface area contributed by atoms with E-state index in [1.165, 1.54) is 6.20 Å². The van der Waals surface area contributed by atoms with Crippen LogP contribution in [0.25, 0.3) is 0 Å². The first kappa shape index (κ1) is 24.7. The van der Waals surface area contributed by atoms with Gasteiger partial charge in [-0.15, -0.1) is 5.10 Å². The van der Waals surface area contributed by atoms with Gasteiger partial charge in [0.1, 0.15) is 18.8 Å². The van der Waals surface area contributed by atoms with E-state index >= 15 is 0 Å². The Hall–Kier alpha value is -3.55. The van der Waals surface area contributed by atoms with Crippen LogP contribution in [0, 0.1) is 0 Å². The fraction of sp³-hybridized carbons (Fsp3) is 0.611. The van der Waals surface area contributed by atoms with Gasteiger partial charge in [0.05, 0.1) is 13.3 Å². The van der Waals surface area contributed by atoms with Gasteiger partial charge < -0.3 is 28.4 Å². The van der Waals surface area contributed by atoms with Crippen LogP contribution in [0.3, 0.4) is 0 Å². The number of carbonyl (C=O) groups is 5. The number of hydrogen-bond donors (Lipinski definition) is 0. The molecule has 32 heavy (non-hydrogen) atoms. The summed E-state index contributed by atoms with van der Waals surface area (Å²) in [5.41, 5.74) is -0.192. The maximum Gasteiger partial charge on any atom is 0.360 e. The Bertz CT molecular complexity index is 883. The Morgan fingerprint density at radius 1 is 0.938 bits per heavy atom. The summed E-state index contributed by atoms with van der Waals surface area (Å²) in [7, 11) is 1.14. The van der Waals surface area contributed by atoms with Crippen LogP contribution < -0.4 is 0 Å². The standard InChI is InChI=1S/C18H23N3O11/c1-8(22)28-7-13-15(29-9(2)23)14(21-6-12(19-20-21)17(26)27-5)16(30-10(3)24)18(32-13)31-11(4)25/h6,13-16,18H,7H2,1-5H3/t13-,14+,15+,16-,18?/m1/s1. The fourth-order valence-electron chi connectivity index (χ4n) is 3.06. The molecule has 1 aliphatic heterocycles. The van der Waals surface area contributed by atoms with Gasteiger partial charge in [-0.1, -0.05) is 5.21 Å². The van der Waals surface area contributed by atoms with E-state index in [4.69, 9.17) is 23.7 Å². The number of nitrogens with zero attached hydrogens (tertiary/aromatic N) is 3. The van der Waals surface area contributed by atoms with Crippen molar-refractivity contribution in [2.45, 2.75) is 58.3 Å². The average Bonchev–Trinajstić information content (AvgIpc) is 3.16. The average molecular weight is 457 g/mol. The van der Waals surface area contributed by atoms with E-state index in [-0.39, 0.29) is 5.69 Å². The number of rotatable bonds is 7. The second kappa shape index (κ2) is 10.7. The van der Waals surface area contributed by atoms with Gasteiger partial charge in [-0.25, -0.2) is 9.48 Å². The molecule has 0 saturated carbocycles. The number of hydrogen-bond acceptors (Lipinski definition) is 13. The minimum Gasteiger partial charge on any atom is -0.464 e. The van der Waals surface area contributed by atoms with Crippen LogP contribution in [0.2, 0.25) is 0 Å². The molecule has 0 radical (unpaired) electrons. The van der Waals surface area contributed by atoms with Gasteiger partial charge in [-0.2, -0.15) is 0 Å². The van der Waals surface area contributed by atoms with Crippen molar-refractivity contribution in [2.24, 2.45) is 0 Å². The third-order valence-electron chi connectivity index (χ3n) is 4.16. The van der Waals surface area contributed by atoms with Crippen LogP contribution >= 0.6 is 0 Å². The lowest BCUT2D eigenvalue weighted by Crippen LogP contribution is -2.59. The molecule has 14 heteroatoms. The molecule has 2 rings (SSSR count). The lowest BCUT2D eigenvalue weighted by Gasteiger charge is -2.44. The van der Waals surface area contributed by atoms with Crippen molar-refractivity contribution in [3.05, 3.63) is 11.9 Å². The van der Waals surface area contributed by atoms with Gasteiger partial charge in [0.2, 0.25) is 6.29 Å². The molecule has 1 aliphatic rings. The molecule has 0 bridgehead atoms. The van der Waals surface area contributed by atoms with Crippen LogP contribution in [0.1, 0.15) is 44.2 Å². The molecule has 1 saturated heterocycles. The summed E-state index contributed by atoms with van der Waals surface area (Å²) in [5.74, 6) is -3.72. The van der Waals surface area contributed by atoms with Gasteiger partial charge >= 0.3 is 29.8 Å². The second-order valence-electron chi connectivity index (χ2n) is 6.67. The minimum absolute atomic E-state index is 0.192. The highest BCUT2D eigenvalue weighted by atomic mass is 16.7. The molecule has 0 N–H and O–H groups in total. The topological polar surface area (TPSA) is 171 Å².